The number of rotatable bonds is 1. The molecule has 0 bridgehead atoms. The van der Waals surface area contributed by atoms with E-state index < -0.39 is 0 Å². The number of epoxide rings is 2. The van der Waals surface area contributed by atoms with Crippen LogP contribution in [0.25, 0.3) is 0 Å². The molecule has 0 aromatic carbocycles. The Labute approximate surface area is 142 Å². The zero-order chi connectivity index (χ0) is 15.6. The molecule has 2 nitrogen and oxygen atoms in total. The molecular weight excluding hydrogens is 284 g/mol. The van der Waals surface area contributed by atoms with Crippen molar-refractivity contribution in [2.75, 3.05) is 0 Å². The van der Waals surface area contributed by atoms with Crippen LogP contribution in [0.5, 0.6) is 0 Å². The minimum absolute atomic E-state index is 0.126. The lowest BCUT2D eigenvalue weighted by molar-refractivity contribution is 0.132. The molecule has 132 valence electrons. The second-order valence-corrected chi connectivity index (χ2v) is 8.67. The van der Waals surface area contributed by atoms with E-state index in [1.165, 1.54) is 109 Å². The predicted molar refractivity (Wildman–Crippen MR) is 93.7 cm³/mol. The normalized spacial score (nSPS) is 45.9. The molecule has 4 unspecified atom stereocenters. The lowest BCUT2D eigenvalue weighted by atomic mass is 9.76. The minimum atomic E-state index is 0.126. The Bertz CT molecular complexity index is 395. The first-order valence-electron chi connectivity index (χ1n) is 10.7. The summed E-state index contributed by atoms with van der Waals surface area (Å²) in [5.41, 5.74) is 0.254. The SMILES string of the molecule is C1CCCCC2OC2(C23CCCCCCCCC2O3)CCCC1. The van der Waals surface area contributed by atoms with Crippen molar-refractivity contribution in [1.82, 2.24) is 0 Å². The van der Waals surface area contributed by atoms with Crippen molar-refractivity contribution in [3.05, 3.63) is 0 Å². The largest absolute Gasteiger partial charge is 0.363 e. The Morgan fingerprint density at radius 2 is 0.783 bits per heavy atom. The van der Waals surface area contributed by atoms with Crippen LogP contribution in [-0.4, -0.2) is 23.4 Å². The molecule has 23 heavy (non-hydrogen) atoms. The zero-order valence-electron chi connectivity index (χ0n) is 15.0. The zero-order valence-corrected chi connectivity index (χ0v) is 15.0. The second kappa shape index (κ2) is 7.04. The summed E-state index contributed by atoms with van der Waals surface area (Å²) in [6, 6.07) is 0. The van der Waals surface area contributed by atoms with E-state index in [0.29, 0.717) is 12.2 Å². The van der Waals surface area contributed by atoms with Crippen LogP contribution in [0.15, 0.2) is 0 Å². The Kier molecular flexibility index (Phi) is 5.02. The number of hydrogen-bond donors (Lipinski definition) is 0. The molecule has 0 amide bonds. The minimum Gasteiger partial charge on any atom is -0.363 e. The third-order valence-corrected chi connectivity index (χ3v) is 7.13. The van der Waals surface area contributed by atoms with E-state index in [9.17, 15) is 0 Å². The maximum absolute atomic E-state index is 6.50. The summed E-state index contributed by atoms with van der Waals surface area (Å²) in [7, 11) is 0. The van der Waals surface area contributed by atoms with Crippen molar-refractivity contribution in [3.8, 4) is 0 Å². The van der Waals surface area contributed by atoms with Gasteiger partial charge in [-0.25, -0.2) is 0 Å². The first-order valence-corrected chi connectivity index (χ1v) is 10.7. The molecule has 2 saturated carbocycles. The smallest absolute Gasteiger partial charge is 0.126 e. The highest BCUT2D eigenvalue weighted by Crippen LogP contribution is 2.64. The maximum Gasteiger partial charge on any atom is 0.126 e. The van der Waals surface area contributed by atoms with E-state index in [0.717, 1.165) is 0 Å². The van der Waals surface area contributed by atoms with Crippen LogP contribution in [-0.2, 0) is 9.47 Å². The van der Waals surface area contributed by atoms with Gasteiger partial charge in [0.2, 0.25) is 0 Å². The van der Waals surface area contributed by atoms with Crippen molar-refractivity contribution in [2.45, 2.75) is 133 Å². The van der Waals surface area contributed by atoms with E-state index in [2.05, 4.69) is 0 Å². The van der Waals surface area contributed by atoms with Crippen molar-refractivity contribution >= 4 is 0 Å². The quantitative estimate of drug-likeness (QED) is 0.560. The summed E-state index contributed by atoms with van der Waals surface area (Å²) >= 11 is 0. The Morgan fingerprint density at radius 3 is 1.22 bits per heavy atom. The van der Waals surface area contributed by atoms with Crippen molar-refractivity contribution < 1.29 is 9.47 Å². The van der Waals surface area contributed by atoms with E-state index in [-0.39, 0.29) is 11.2 Å². The fraction of sp³-hybridized carbons (Fsp3) is 1.00. The molecule has 4 aliphatic rings. The van der Waals surface area contributed by atoms with Gasteiger partial charge < -0.3 is 9.47 Å². The summed E-state index contributed by atoms with van der Waals surface area (Å²) in [5, 5.41) is 0. The van der Waals surface area contributed by atoms with Gasteiger partial charge in [-0.15, -0.1) is 0 Å². The molecule has 2 heteroatoms. The second-order valence-electron chi connectivity index (χ2n) is 8.67. The highest BCUT2D eigenvalue weighted by Gasteiger charge is 2.78. The third-order valence-electron chi connectivity index (χ3n) is 7.13. The van der Waals surface area contributed by atoms with Gasteiger partial charge in [0.25, 0.3) is 0 Å². The fourth-order valence-electron chi connectivity index (χ4n) is 5.66. The average molecular weight is 321 g/mol. The van der Waals surface area contributed by atoms with Gasteiger partial charge in [-0.3, -0.25) is 0 Å². The van der Waals surface area contributed by atoms with Crippen LogP contribution in [0, 0.1) is 0 Å². The van der Waals surface area contributed by atoms with Gasteiger partial charge >= 0.3 is 0 Å². The molecule has 2 heterocycles. The van der Waals surface area contributed by atoms with Gasteiger partial charge in [0, 0.05) is 0 Å². The molecular formula is C21H36O2. The van der Waals surface area contributed by atoms with Gasteiger partial charge in [0.05, 0.1) is 12.2 Å². The number of hydrogen-bond acceptors (Lipinski definition) is 2. The molecule has 0 N–H and O–H groups in total. The Balaban J connectivity index is 1.46. The molecule has 4 rings (SSSR count). The van der Waals surface area contributed by atoms with Crippen molar-refractivity contribution in [3.63, 3.8) is 0 Å². The molecule has 0 radical (unpaired) electrons. The summed E-state index contributed by atoms with van der Waals surface area (Å²) in [5.74, 6) is 0. The topological polar surface area (TPSA) is 25.1 Å². The maximum atomic E-state index is 6.50. The molecule has 0 spiro atoms. The molecule has 4 fully saturated rings. The molecule has 0 aromatic rings. The number of fused-ring (bicyclic) bond motifs is 3. The molecule has 2 aliphatic carbocycles. The van der Waals surface area contributed by atoms with E-state index in [1.54, 1.807) is 0 Å². The molecule has 2 saturated heterocycles. The molecule has 4 atom stereocenters. The van der Waals surface area contributed by atoms with Crippen LogP contribution in [0.2, 0.25) is 0 Å². The Hall–Kier alpha value is -0.0800. The van der Waals surface area contributed by atoms with Gasteiger partial charge in [0.1, 0.15) is 11.2 Å². The average Bonchev–Trinajstić information content (AvgIpc) is 3.44. The lowest BCUT2D eigenvalue weighted by Crippen LogP contribution is -2.38. The molecule has 2 aliphatic heterocycles. The first-order chi connectivity index (χ1) is 11.4. The highest BCUT2D eigenvalue weighted by atomic mass is 16.7. The fourth-order valence-corrected chi connectivity index (χ4v) is 5.66. The van der Waals surface area contributed by atoms with Gasteiger partial charge in [-0.05, 0) is 25.7 Å². The lowest BCUT2D eigenvalue weighted by Gasteiger charge is -2.24. The third kappa shape index (κ3) is 3.23. The van der Waals surface area contributed by atoms with E-state index in [4.69, 9.17) is 9.47 Å². The van der Waals surface area contributed by atoms with Crippen molar-refractivity contribution in [1.29, 1.82) is 0 Å². The summed E-state index contributed by atoms with van der Waals surface area (Å²) in [6.07, 6.45) is 24.4. The van der Waals surface area contributed by atoms with Crippen LogP contribution in [0.1, 0.15) is 109 Å². The molecule has 0 aromatic heterocycles. The summed E-state index contributed by atoms with van der Waals surface area (Å²) in [6.45, 7) is 0. The number of ether oxygens (including phenoxy) is 2. The van der Waals surface area contributed by atoms with E-state index in [1.807, 2.05) is 0 Å². The Morgan fingerprint density at radius 1 is 0.435 bits per heavy atom. The van der Waals surface area contributed by atoms with Gasteiger partial charge in [-0.2, -0.15) is 0 Å². The highest BCUT2D eigenvalue weighted by molar-refractivity contribution is 5.25. The standard InChI is InChI=1S/C21H36O2/c1-2-6-10-14-18-20(22-18,16-12-8-4-1)21-17-13-9-5-3-7-11-15-19(21)23-21/h18-19H,1-17H2. The summed E-state index contributed by atoms with van der Waals surface area (Å²) < 4.78 is 13.0. The summed E-state index contributed by atoms with van der Waals surface area (Å²) in [4.78, 5) is 0. The van der Waals surface area contributed by atoms with E-state index >= 15 is 0 Å². The van der Waals surface area contributed by atoms with Crippen LogP contribution in [0.4, 0.5) is 0 Å². The monoisotopic (exact) mass is 320 g/mol. The van der Waals surface area contributed by atoms with Crippen LogP contribution < -0.4 is 0 Å². The first kappa shape index (κ1) is 16.4. The van der Waals surface area contributed by atoms with Crippen LogP contribution >= 0.6 is 0 Å². The van der Waals surface area contributed by atoms with Gasteiger partial charge in [-0.1, -0.05) is 83.5 Å². The van der Waals surface area contributed by atoms with Crippen LogP contribution in [0.3, 0.4) is 0 Å². The predicted octanol–water partition coefficient (Wildman–Crippen LogP) is 5.92. The van der Waals surface area contributed by atoms with Gasteiger partial charge in [0.15, 0.2) is 0 Å². The van der Waals surface area contributed by atoms with Crippen molar-refractivity contribution in [2.24, 2.45) is 0 Å².